The van der Waals surface area contributed by atoms with Gasteiger partial charge in [-0.1, -0.05) is 0 Å². The van der Waals surface area contributed by atoms with Gasteiger partial charge in [0, 0.05) is 37.8 Å². The Bertz CT molecular complexity index is 1020. The lowest BCUT2D eigenvalue weighted by atomic mass is 10.1. The molecular formula is C21H24N8O2. The van der Waals surface area contributed by atoms with Crippen molar-refractivity contribution in [2.24, 2.45) is 5.92 Å². The van der Waals surface area contributed by atoms with Crippen LogP contribution >= 0.6 is 0 Å². The number of rotatable bonds is 7. The Morgan fingerprint density at radius 1 is 1.23 bits per heavy atom. The van der Waals surface area contributed by atoms with Gasteiger partial charge in [-0.25, -0.2) is 9.97 Å². The number of nitrogens with zero attached hydrogens (tertiary/aromatic N) is 6. The van der Waals surface area contributed by atoms with Crippen molar-refractivity contribution in [2.45, 2.75) is 18.9 Å². The predicted octanol–water partition coefficient (Wildman–Crippen LogP) is 0.943. The van der Waals surface area contributed by atoms with E-state index in [-0.39, 0.29) is 36.0 Å². The number of nitrogens with one attached hydrogen (secondary N) is 2. The SMILES string of the molecule is CN1CC(N(C)C(=O)CNc2cc(-c3cnc(NC(=O)C4CC4)cn3)cnc2C#N)C1. The molecule has 0 aromatic carbocycles. The van der Waals surface area contributed by atoms with E-state index in [9.17, 15) is 14.9 Å². The normalized spacial score (nSPS) is 16.2. The lowest BCUT2D eigenvalue weighted by Gasteiger charge is -2.41. The second-order valence-electron chi connectivity index (χ2n) is 8.02. The van der Waals surface area contributed by atoms with Crippen LogP contribution in [0.2, 0.25) is 0 Å². The molecule has 1 saturated heterocycles. The van der Waals surface area contributed by atoms with Gasteiger partial charge in [-0.15, -0.1) is 0 Å². The summed E-state index contributed by atoms with van der Waals surface area (Å²) in [5.74, 6) is 0.403. The molecule has 1 aliphatic heterocycles. The molecule has 0 unspecified atom stereocenters. The van der Waals surface area contributed by atoms with Gasteiger partial charge in [-0.05, 0) is 26.0 Å². The van der Waals surface area contributed by atoms with E-state index in [4.69, 9.17) is 0 Å². The van der Waals surface area contributed by atoms with E-state index in [1.807, 2.05) is 13.1 Å². The van der Waals surface area contributed by atoms with E-state index in [0.29, 0.717) is 22.8 Å². The van der Waals surface area contributed by atoms with Gasteiger partial charge >= 0.3 is 0 Å². The minimum Gasteiger partial charge on any atom is -0.374 e. The Hall–Kier alpha value is -3.58. The van der Waals surface area contributed by atoms with Crippen LogP contribution in [0.4, 0.5) is 11.5 Å². The Kier molecular flexibility index (Phi) is 5.77. The number of hydrogen-bond donors (Lipinski definition) is 2. The molecule has 1 aliphatic carbocycles. The third kappa shape index (κ3) is 4.78. The van der Waals surface area contributed by atoms with Crippen molar-refractivity contribution in [3.8, 4) is 17.3 Å². The van der Waals surface area contributed by atoms with Crippen LogP contribution in [0, 0.1) is 17.2 Å². The molecule has 1 saturated carbocycles. The molecule has 10 heteroatoms. The van der Waals surface area contributed by atoms with Crippen LogP contribution in [0.3, 0.4) is 0 Å². The lowest BCUT2D eigenvalue weighted by molar-refractivity contribution is -0.132. The highest BCUT2D eigenvalue weighted by Crippen LogP contribution is 2.30. The van der Waals surface area contributed by atoms with Crippen LogP contribution in [0.5, 0.6) is 0 Å². The zero-order valence-corrected chi connectivity index (χ0v) is 17.5. The molecule has 2 aliphatic rings. The molecule has 10 nitrogen and oxygen atoms in total. The summed E-state index contributed by atoms with van der Waals surface area (Å²) in [5.41, 5.74) is 1.85. The third-order valence-corrected chi connectivity index (χ3v) is 5.56. The third-order valence-electron chi connectivity index (χ3n) is 5.56. The van der Waals surface area contributed by atoms with Crippen LogP contribution in [0.15, 0.2) is 24.7 Å². The number of aromatic nitrogens is 3. The number of likely N-dealkylation sites (N-methyl/N-ethyl adjacent to an activating group) is 2. The second kappa shape index (κ2) is 8.65. The summed E-state index contributed by atoms with van der Waals surface area (Å²) in [7, 11) is 3.81. The van der Waals surface area contributed by atoms with Gasteiger partial charge in [-0.2, -0.15) is 5.26 Å². The van der Waals surface area contributed by atoms with Crippen LogP contribution in [-0.2, 0) is 9.59 Å². The van der Waals surface area contributed by atoms with Crippen LogP contribution in [-0.4, -0.2) is 76.3 Å². The molecular weight excluding hydrogens is 396 g/mol. The van der Waals surface area contributed by atoms with Gasteiger partial charge in [-0.3, -0.25) is 14.6 Å². The van der Waals surface area contributed by atoms with E-state index in [1.54, 1.807) is 24.2 Å². The quantitative estimate of drug-likeness (QED) is 0.678. The van der Waals surface area contributed by atoms with Gasteiger partial charge in [0.2, 0.25) is 11.8 Å². The van der Waals surface area contributed by atoms with Crippen molar-refractivity contribution in [3.05, 3.63) is 30.4 Å². The summed E-state index contributed by atoms with van der Waals surface area (Å²) in [4.78, 5) is 41.0. The summed E-state index contributed by atoms with van der Waals surface area (Å²) in [6.07, 6.45) is 6.41. The molecule has 2 fully saturated rings. The van der Waals surface area contributed by atoms with Gasteiger partial charge in [0.25, 0.3) is 0 Å². The maximum atomic E-state index is 12.5. The maximum Gasteiger partial charge on any atom is 0.241 e. The summed E-state index contributed by atoms with van der Waals surface area (Å²) in [5, 5.41) is 15.1. The fourth-order valence-corrected chi connectivity index (χ4v) is 3.35. The van der Waals surface area contributed by atoms with Crippen molar-refractivity contribution in [2.75, 3.05) is 44.4 Å². The molecule has 0 spiro atoms. The molecule has 3 heterocycles. The average Bonchev–Trinajstić information content (AvgIpc) is 3.60. The maximum absolute atomic E-state index is 12.5. The zero-order valence-electron chi connectivity index (χ0n) is 17.5. The number of pyridine rings is 1. The van der Waals surface area contributed by atoms with Gasteiger partial charge in [0.1, 0.15) is 6.07 Å². The fraction of sp³-hybridized carbons (Fsp3) is 0.429. The van der Waals surface area contributed by atoms with E-state index in [1.165, 1.54) is 12.4 Å². The standard InChI is InChI=1S/C21H24N8O2/c1-28-11-15(12-28)29(2)20(30)10-25-16-5-14(7-23-17(16)6-22)18-8-26-19(9-24-18)27-21(31)13-3-4-13/h5,7-9,13,15,25H,3-4,10-12H2,1-2H3,(H,26,27,31). The van der Waals surface area contributed by atoms with Crippen LogP contribution in [0.25, 0.3) is 11.3 Å². The van der Waals surface area contributed by atoms with Crippen molar-refractivity contribution < 1.29 is 9.59 Å². The molecule has 31 heavy (non-hydrogen) atoms. The van der Waals surface area contributed by atoms with Gasteiger partial charge in [0.05, 0.1) is 36.4 Å². The highest BCUT2D eigenvalue weighted by atomic mass is 16.2. The number of carbonyl (C=O) groups excluding carboxylic acids is 2. The first-order valence-corrected chi connectivity index (χ1v) is 10.2. The first kappa shape index (κ1) is 20.7. The fourth-order valence-electron chi connectivity index (χ4n) is 3.35. The molecule has 0 bridgehead atoms. The zero-order chi connectivity index (χ0) is 22.0. The second-order valence-corrected chi connectivity index (χ2v) is 8.02. The summed E-state index contributed by atoms with van der Waals surface area (Å²) < 4.78 is 0. The number of likely N-dealkylation sites (tertiary alicyclic amines) is 1. The number of amides is 2. The van der Waals surface area contributed by atoms with Crippen molar-refractivity contribution >= 4 is 23.3 Å². The van der Waals surface area contributed by atoms with Crippen LogP contribution < -0.4 is 10.6 Å². The summed E-state index contributed by atoms with van der Waals surface area (Å²) in [6, 6.07) is 3.98. The largest absolute Gasteiger partial charge is 0.374 e. The number of anilines is 2. The van der Waals surface area contributed by atoms with Gasteiger partial charge < -0.3 is 20.4 Å². The van der Waals surface area contributed by atoms with E-state index in [0.717, 1.165) is 25.9 Å². The summed E-state index contributed by atoms with van der Waals surface area (Å²) >= 11 is 0. The Labute approximate surface area is 180 Å². The molecule has 4 rings (SSSR count). The minimum absolute atomic E-state index is 0.0308. The molecule has 2 N–H and O–H groups in total. The molecule has 0 atom stereocenters. The highest BCUT2D eigenvalue weighted by molar-refractivity contribution is 5.93. The number of nitriles is 1. The van der Waals surface area contributed by atoms with E-state index >= 15 is 0 Å². The minimum atomic E-state index is -0.0528. The Balaban J connectivity index is 1.42. The van der Waals surface area contributed by atoms with Crippen LogP contribution in [0.1, 0.15) is 18.5 Å². The highest BCUT2D eigenvalue weighted by Gasteiger charge is 2.30. The van der Waals surface area contributed by atoms with E-state index < -0.39 is 0 Å². The number of hydrogen-bond acceptors (Lipinski definition) is 8. The van der Waals surface area contributed by atoms with Crippen molar-refractivity contribution in [1.29, 1.82) is 5.26 Å². The van der Waals surface area contributed by atoms with Gasteiger partial charge in [0.15, 0.2) is 11.5 Å². The topological polar surface area (TPSA) is 127 Å². The molecule has 2 aromatic rings. The predicted molar refractivity (Wildman–Crippen MR) is 114 cm³/mol. The first-order valence-electron chi connectivity index (χ1n) is 10.2. The average molecular weight is 420 g/mol. The summed E-state index contributed by atoms with van der Waals surface area (Å²) in [6.45, 7) is 1.78. The Morgan fingerprint density at radius 3 is 2.61 bits per heavy atom. The molecule has 2 aromatic heterocycles. The van der Waals surface area contributed by atoms with E-state index in [2.05, 4.69) is 30.5 Å². The monoisotopic (exact) mass is 420 g/mol. The number of carbonyl (C=O) groups is 2. The molecule has 0 radical (unpaired) electrons. The van der Waals surface area contributed by atoms with Crippen molar-refractivity contribution in [3.63, 3.8) is 0 Å². The smallest absolute Gasteiger partial charge is 0.241 e. The first-order chi connectivity index (χ1) is 14.9. The molecule has 2 amide bonds. The lowest BCUT2D eigenvalue weighted by Crippen LogP contribution is -2.58. The van der Waals surface area contributed by atoms with Crippen molar-refractivity contribution in [1.82, 2.24) is 24.8 Å². The Morgan fingerprint density at radius 2 is 2.00 bits per heavy atom. The molecule has 160 valence electrons.